The zero-order chi connectivity index (χ0) is 22.3. The molecule has 0 N–H and O–H groups in total. The molecule has 0 aliphatic heterocycles. The molecule has 4 heteroatoms. The second-order valence-corrected chi connectivity index (χ2v) is 9.28. The highest BCUT2D eigenvalue weighted by Crippen LogP contribution is 2.33. The molecule has 0 aliphatic rings. The summed E-state index contributed by atoms with van der Waals surface area (Å²) in [4.78, 5) is 0. The number of halogens is 1. The van der Waals surface area contributed by atoms with Gasteiger partial charge in [-0.15, -0.1) is 0 Å². The van der Waals surface area contributed by atoms with E-state index in [0.29, 0.717) is 13.2 Å². The van der Waals surface area contributed by atoms with E-state index in [1.165, 1.54) is 5.56 Å². The van der Waals surface area contributed by atoms with Crippen LogP contribution >= 0.6 is 15.9 Å². The van der Waals surface area contributed by atoms with Crippen LogP contribution < -0.4 is 9.47 Å². The lowest BCUT2D eigenvalue weighted by molar-refractivity contribution is 0.0823. The largest absolute Gasteiger partial charge is 0.490 e. The lowest BCUT2D eigenvalue weighted by Crippen LogP contribution is -2.24. The number of rotatable bonds is 10. The summed E-state index contributed by atoms with van der Waals surface area (Å²) in [5, 5.41) is 0. The second-order valence-electron chi connectivity index (χ2n) is 8.42. The van der Waals surface area contributed by atoms with Crippen LogP contribution in [0.25, 0.3) is 0 Å². The van der Waals surface area contributed by atoms with Crippen LogP contribution in [0, 0.1) is 0 Å². The predicted octanol–water partition coefficient (Wildman–Crippen LogP) is 7.91. The van der Waals surface area contributed by atoms with Crippen LogP contribution in [0.4, 0.5) is 0 Å². The molecular formula is C27H31BrO3. The van der Waals surface area contributed by atoms with Crippen molar-refractivity contribution in [1.82, 2.24) is 0 Å². The molecule has 0 heterocycles. The zero-order valence-corrected chi connectivity index (χ0v) is 20.3. The van der Waals surface area contributed by atoms with Gasteiger partial charge in [-0.2, -0.15) is 0 Å². The Morgan fingerprint density at radius 2 is 1.65 bits per heavy atom. The van der Waals surface area contributed by atoms with Crippen molar-refractivity contribution in [1.29, 1.82) is 0 Å². The minimum Gasteiger partial charge on any atom is -0.490 e. The topological polar surface area (TPSA) is 27.7 Å². The van der Waals surface area contributed by atoms with Gasteiger partial charge in [0.2, 0.25) is 0 Å². The fraction of sp³-hybridized carbons (Fsp3) is 0.333. The highest BCUT2D eigenvalue weighted by molar-refractivity contribution is 9.10. The number of ether oxygens (including phenoxy) is 3. The van der Waals surface area contributed by atoms with Crippen molar-refractivity contribution in [3.8, 4) is 17.2 Å². The van der Waals surface area contributed by atoms with E-state index in [1.807, 2.05) is 54.6 Å². The summed E-state index contributed by atoms with van der Waals surface area (Å²) in [5.41, 5.74) is 2.16. The van der Waals surface area contributed by atoms with E-state index >= 15 is 0 Å². The summed E-state index contributed by atoms with van der Waals surface area (Å²) < 4.78 is 19.0. The Hall–Kier alpha value is -2.30. The van der Waals surface area contributed by atoms with Crippen LogP contribution in [0.1, 0.15) is 45.2 Å². The Morgan fingerprint density at radius 3 is 2.35 bits per heavy atom. The van der Waals surface area contributed by atoms with Gasteiger partial charge >= 0.3 is 0 Å². The summed E-state index contributed by atoms with van der Waals surface area (Å²) in [6.07, 6.45) is 1.17. The molecule has 164 valence electrons. The van der Waals surface area contributed by atoms with Gasteiger partial charge in [0.05, 0.1) is 23.8 Å². The van der Waals surface area contributed by atoms with Crippen molar-refractivity contribution >= 4 is 15.9 Å². The van der Waals surface area contributed by atoms with Gasteiger partial charge in [0, 0.05) is 5.41 Å². The van der Waals surface area contributed by atoms with Crippen molar-refractivity contribution < 1.29 is 14.2 Å². The molecule has 31 heavy (non-hydrogen) atoms. The quantitative estimate of drug-likeness (QED) is 0.293. The van der Waals surface area contributed by atoms with Crippen molar-refractivity contribution in [2.45, 2.75) is 52.2 Å². The minimum absolute atomic E-state index is 0.129. The molecule has 0 aliphatic carbocycles. The maximum Gasteiger partial charge on any atom is 0.133 e. The smallest absolute Gasteiger partial charge is 0.133 e. The lowest BCUT2D eigenvalue weighted by Gasteiger charge is -2.26. The Morgan fingerprint density at radius 1 is 0.903 bits per heavy atom. The van der Waals surface area contributed by atoms with Crippen LogP contribution in [0.5, 0.6) is 17.2 Å². The first kappa shape index (κ1) is 23.4. The molecule has 0 saturated heterocycles. The van der Waals surface area contributed by atoms with E-state index in [1.54, 1.807) is 0 Å². The lowest BCUT2D eigenvalue weighted by atomic mass is 9.85. The minimum atomic E-state index is -0.129. The second kappa shape index (κ2) is 10.8. The van der Waals surface area contributed by atoms with Crippen molar-refractivity contribution in [3.63, 3.8) is 0 Å². The van der Waals surface area contributed by atoms with Crippen LogP contribution in [0.2, 0.25) is 0 Å². The summed E-state index contributed by atoms with van der Waals surface area (Å²) >= 11 is 3.66. The summed E-state index contributed by atoms with van der Waals surface area (Å²) in [6, 6.07) is 24.1. The molecule has 0 amide bonds. The molecule has 0 bridgehead atoms. The molecule has 3 nitrogen and oxygen atoms in total. The van der Waals surface area contributed by atoms with E-state index < -0.39 is 0 Å². The van der Waals surface area contributed by atoms with E-state index in [9.17, 15) is 0 Å². The van der Waals surface area contributed by atoms with Crippen LogP contribution in [0.3, 0.4) is 0 Å². The summed E-state index contributed by atoms with van der Waals surface area (Å²) in [5.74, 6) is 2.52. The first-order valence-corrected chi connectivity index (χ1v) is 11.5. The normalized spacial score (nSPS) is 12.4. The average Bonchev–Trinajstić information content (AvgIpc) is 2.76. The summed E-state index contributed by atoms with van der Waals surface area (Å²) in [6.45, 7) is 9.73. The van der Waals surface area contributed by atoms with Gasteiger partial charge in [0.1, 0.15) is 17.2 Å². The Labute approximate surface area is 194 Å². The van der Waals surface area contributed by atoms with E-state index in [2.05, 4.69) is 61.8 Å². The third kappa shape index (κ3) is 6.84. The molecule has 0 aromatic heterocycles. The van der Waals surface area contributed by atoms with Crippen LogP contribution in [-0.4, -0.2) is 12.7 Å². The zero-order valence-electron chi connectivity index (χ0n) is 18.7. The molecular weight excluding hydrogens is 452 g/mol. The average molecular weight is 483 g/mol. The van der Waals surface area contributed by atoms with Gasteiger partial charge in [-0.05, 0) is 76.8 Å². The molecule has 1 atom stereocenters. The van der Waals surface area contributed by atoms with Crippen LogP contribution in [0.15, 0.2) is 77.3 Å². The molecule has 1 unspecified atom stereocenters. The number of benzene rings is 3. The SMILES string of the molecule is CCC(C)Oc1ccc(C(C)(C)COCc2cccc(Oc3ccccc3)c2)cc1Br. The monoisotopic (exact) mass is 482 g/mol. The van der Waals surface area contributed by atoms with Gasteiger partial charge in [0.15, 0.2) is 0 Å². The van der Waals surface area contributed by atoms with Crippen molar-refractivity contribution in [3.05, 3.63) is 88.4 Å². The number of hydrogen-bond donors (Lipinski definition) is 0. The highest BCUT2D eigenvalue weighted by Gasteiger charge is 2.22. The van der Waals surface area contributed by atoms with Gasteiger partial charge in [-0.1, -0.05) is 57.2 Å². The molecule has 0 radical (unpaired) electrons. The van der Waals surface area contributed by atoms with E-state index in [0.717, 1.165) is 33.7 Å². The third-order valence-electron chi connectivity index (χ3n) is 5.23. The van der Waals surface area contributed by atoms with Gasteiger partial charge in [-0.25, -0.2) is 0 Å². The van der Waals surface area contributed by atoms with E-state index in [-0.39, 0.29) is 11.5 Å². The first-order valence-electron chi connectivity index (χ1n) is 10.7. The first-order chi connectivity index (χ1) is 14.9. The number of para-hydroxylation sites is 1. The van der Waals surface area contributed by atoms with Gasteiger partial charge < -0.3 is 14.2 Å². The van der Waals surface area contributed by atoms with Gasteiger partial charge in [-0.3, -0.25) is 0 Å². The molecule has 0 spiro atoms. The molecule has 3 rings (SSSR count). The molecule has 0 fully saturated rings. The third-order valence-corrected chi connectivity index (χ3v) is 5.85. The van der Waals surface area contributed by atoms with Crippen LogP contribution in [-0.2, 0) is 16.8 Å². The maximum absolute atomic E-state index is 6.09. The fourth-order valence-corrected chi connectivity index (χ4v) is 3.62. The molecule has 3 aromatic rings. The standard InChI is InChI=1S/C27H31BrO3/c1-5-20(2)30-26-15-14-22(17-25(26)28)27(3,4)19-29-18-21-10-9-13-24(16-21)31-23-11-7-6-8-12-23/h6-17,20H,5,18-19H2,1-4H3. The Bertz CT molecular complexity index is 969. The number of hydrogen-bond acceptors (Lipinski definition) is 3. The maximum atomic E-state index is 6.09. The Balaban J connectivity index is 1.58. The van der Waals surface area contributed by atoms with Gasteiger partial charge in [0.25, 0.3) is 0 Å². The Kier molecular flexibility index (Phi) is 8.16. The van der Waals surface area contributed by atoms with Crippen molar-refractivity contribution in [2.24, 2.45) is 0 Å². The summed E-state index contributed by atoms with van der Waals surface area (Å²) in [7, 11) is 0. The highest BCUT2D eigenvalue weighted by atomic mass is 79.9. The predicted molar refractivity (Wildman–Crippen MR) is 130 cm³/mol. The fourth-order valence-electron chi connectivity index (χ4n) is 3.15. The van der Waals surface area contributed by atoms with Crippen molar-refractivity contribution in [2.75, 3.05) is 6.61 Å². The van der Waals surface area contributed by atoms with E-state index in [4.69, 9.17) is 14.2 Å². The molecule has 0 saturated carbocycles. The molecule has 3 aromatic carbocycles.